The third-order valence-electron chi connectivity index (χ3n) is 5.64. The zero-order valence-corrected chi connectivity index (χ0v) is 21.0. The minimum Gasteiger partial charge on any atom is -0.342 e. The van der Waals surface area contributed by atoms with Crippen LogP contribution in [-0.4, -0.2) is 20.7 Å². The smallest absolute Gasteiger partial charge is 0.251 e. The molecule has 0 aliphatic carbocycles. The summed E-state index contributed by atoms with van der Waals surface area (Å²) in [5.41, 5.74) is 4.95. The molecular formula is C27H27ClN4OS. The molecule has 0 saturated heterocycles. The number of aromatic nitrogens is 3. The zero-order valence-electron chi connectivity index (χ0n) is 19.5. The van der Waals surface area contributed by atoms with Crippen LogP contribution in [0.3, 0.4) is 0 Å². The number of rotatable bonds is 8. The normalized spacial score (nSPS) is 11.9. The van der Waals surface area contributed by atoms with E-state index in [4.69, 9.17) is 11.6 Å². The van der Waals surface area contributed by atoms with Crippen molar-refractivity contribution in [3.63, 3.8) is 0 Å². The predicted octanol–water partition coefficient (Wildman–Crippen LogP) is 6.57. The Morgan fingerprint density at radius 3 is 2.47 bits per heavy atom. The molecule has 4 aromatic rings. The van der Waals surface area contributed by atoms with E-state index >= 15 is 0 Å². The predicted molar refractivity (Wildman–Crippen MR) is 139 cm³/mol. The van der Waals surface area contributed by atoms with Crippen LogP contribution in [0, 0.1) is 6.92 Å². The van der Waals surface area contributed by atoms with Gasteiger partial charge in [0.15, 0.2) is 11.0 Å². The van der Waals surface area contributed by atoms with Gasteiger partial charge in [-0.2, -0.15) is 0 Å². The van der Waals surface area contributed by atoms with E-state index in [-0.39, 0.29) is 11.9 Å². The molecule has 7 heteroatoms. The summed E-state index contributed by atoms with van der Waals surface area (Å²) in [5, 5.41) is 13.4. The van der Waals surface area contributed by atoms with Crippen molar-refractivity contribution in [2.75, 3.05) is 0 Å². The maximum absolute atomic E-state index is 12.9. The number of nitrogens with zero attached hydrogens (tertiary/aromatic N) is 3. The molecule has 1 unspecified atom stereocenters. The third kappa shape index (κ3) is 5.51. The van der Waals surface area contributed by atoms with Crippen molar-refractivity contribution >= 4 is 29.3 Å². The summed E-state index contributed by atoms with van der Waals surface area (Å²) in [6.07, 6.45) is 0.934. The zero-order chi connectivity index (χ0) is 24.1. The standard InChI is InChI=1S/C27H27ClN4OS/c1-4-20-11-13-22(14-12-20)26(33)29-19(3)25-30-31-27(34-17-21-8-6-5-7-9-21)32(25)24-16-23(28)15-10-18(24)2/h5-16,19H,4,17H2,1-3H3,(H,29,33). The first-order valence-electron chi connectivity index (χ1n) is 11.2. The Kier molecular flexibility index (Phi) is 7.70. The number of amides is 1. The van der Waals surface area contributed by atoms with Gasteiger partial charge in [-0.25, -0.2) is 0 Å². The molecule has 1 heterocycles. The molecule has 0 fully saturated rings. The van der Waals surface area contributed by atoms with Crippen LogP contribution in [0.25, 0.3) is 5.69 Å². The highest BCUT2D eigenvalue weighted by Gasteiger charge is 2.22. The van der Waals surface area contributed by atoms with Crippen molar-refractivity contribution < 1.29 is 4.79 Å². The number of nitrogens with one attached hydrogen (secondary N) is 1. The van der Waals surface area contributed by atoms with Crippen molar-refractivity contribution in [1.29, 1.82) is 0 Å². The van der Waals surface area contributed by atoms with Crippen molar-refractivity contribution in [2.45, 2.75) is 44.1 Å². The molecule has 174 valence electrons. The van der Waals surface area contributed by atoms with E-state index in [1.54, 1.807) is 11.8 Å². The van der Waals surface area contributed by atoms with Crippen LogP contribution in [-0.2, 0) is 12.2 Å². The molecule has 0 radical (unpaired) electrons. The average molecular weight is 491 g/mol. The van der Waals surface area contributed by atoms with Gasteiger partial charge in [-0.1, -0.05) is 78.8 Å². The summed E-state index contributed by atoms with van der Waals surface area (Å²) in [6, 6.07) is 23.3. The van der Waals surface area contributed by atoms with Crippen LogP contribution >= 0.6 is 23.4 Å². The number of carbonyl (C=O) groups excluding carboxylic acids is 1. The highest BCUT2D eigenvalue weighted by Crippen LogP contribution is 2.30. The first-order valence-corrected chi connectivity index (χ1v) is 12.6. The number of benzene rings is 3. The first-order chi connectivity index (χ1) is 16.5. The molecule has 3 aromatic carbocycles. The lowest BCUT2D eigenvalue weighted by Gasteiger charge is -2.18. The van der Waals surface area contributed by atoms with Crippen molar-refractivity contribution in [3.05, 3.63) is 106 Å². The Bertz CT molecular complexity index is 1270. The SMILES string of the molecule is CCc1ccc(C(=O)NC(C)c2nnc(SCc3ccccc3)n2-c2cc(Cl)ccc2C)cc1. The molecule has 5 nitrogen and oxygen atoms in total. The van der Waals surface area contributed by atoms with Crippen LogP contribution < -0.4 is 5.32 Å². The Morgan fingerprint density at radius 1 is 1.03 bits per heavy atom. The topological polar surface area (TPSA) is 59.8 Å². The van der Waals surface area contributed by atoms with Crippen LogP contribution in [0.1, 0.15) is 52.8 Å². The highest BCUT2D eigenvalue weighted by molar-refractivity contribution is 7.98. The lowest BCUT2D eigenvalue weighted by Crippen LogP contribution is -2.28. The molecule has 4 rings (SSSR count). The van der Waals surface area contributed by atoms with Crippen LogP contribution in [0.4, 0.5) is 0 Å². The lowest BCUT2D eigenvalue weighted by atomic mass is 10.1. The minimum atomic E-state index is -0.365. The molecule has 0 bridgehead atoms. The molecule has 1 atom stereocenters. The Morgan fingerprint density at radius 2 is 1.76 bits per heavy atom. The summed E-state index contributed by atoms with van der Waals surface area (Å²) in [7, 11) is 0. The van der Waals surface area contributed by atoms with E-state index in [2.05, 4.69) is 34.6 Å². The van der Waals surface area contributed by atoms with Gasteiger partial charge in [0, 0.05) is 16.3 Å². The maximum Gasteiger partial charge on any atom is 0.251 e. The van der Waals surface area contributed by atoms with Crippen LogP contribution in [0.15, 0.2) is 78.0 Å². The maximum atomic E-state index is 12.9. The third-order valence-corrected chi connectivity index (χ3v) is 6.88. The largest absolute Gasteiger partial charge is 0.342 e. The highest BCUT2D eigenvalue weighted by atomic mass is 35.5. The second kappa shape index (κ2) is 10.9. The summed E-state index contributed by atoms with van der Waals surface area (Å²) in [6.45, 7) is 6.04. The van der Waals surface area contributed by atoms with Crippen molar-refractivity contribution in [1.82, 2.24) is 20.1 Å². The monoisotopic (exact) mass is 490 g/mol. The molecule has 1 amide bonds. The van der Waals surface area contributed by atoms with E-state index in [0.29, 0.717) is 16.4 Å². The molecule has 1 N–H and O–H groups in total. The minimum absolute atomic E-state index is 0.147. The van der Waals surface area contributed by atoms with Gasteiger partial charge < -0.3 is 5.32 Å². The van der Waals surface area contributed by atoms with Crippen LogP contribution in [0.5, 0.6) is 0 Å². The van der Waals surface area contributed by atoms with E-state index < -0.39 is 0 Å². The molecule has 0 aliphatic heterocycles. The van der Waals surface area contributed by atoms with Gasteiger partial charge in [-0.05, 0) is 61.2 Å². The number of aryl methyl sites for hydroxylation is 2. The molecule has 1 aromatic heterocycles. The number of hydrogen-bond donors (Lipinski definition) is 1. The summed E-state index contributed by atoms with van der Waals surface area (Å²) < 4.78 is 2.00. The Balaban J connectivity index is 1.64. The van der Waals surface area contributed by atoms with E-state index in [1.165, 1.54) is 11.1 Å². The first kappa shape index (κ1) is 24.0. The fraction of sp³-hybridized carbons (Fsp3) is 0.222. The summed E-state index contributed by atoms with van der Waals surface area (Å²) in [4.78, 5) is 12.9. The molecule has 34 heavy (non-hydrogen) atoms. The number of hydrogen-bond acceptors (Lipinski definition) is 4. The molecule has 0 aliphatic rings. The molecular weight excluding hydrogens is 464 g/mol. The van der Waals surface area contributed by atoms with E-state index in [0.717, 1.165) is 28.6 Å². The Labute approximate surface area is 209 Å². The van der Waals surface area contributed by atoms with Gasteiger partial charge in [0.25, 0.3) is 5.91 Å². The van der Waals surface area contributed by atoms with Gasteiger partial charge in [0.1, 0.15) is 0 Å². The lowest BCUT2D eigenvalue weighted by molar-refractivity contribution is 0.0938. The summed E-state index contributed by atoms with van der Waals surface area (Å²) >= 11 is 7.95. The fourth-order valence-electron chi connectivity index (χ4n) is 3.66. The van der Waals surface area contributed by atoms with Gasteiger partial charge in [0.2, 0.25) is 0 Å². The van der Waals surface area contributed by atoms with Crippen molar-refractivity contribution in [2.24, 2.45) is 0 Å². The van der Waals surface area contributed by atoms with Crippen molar-refractivity contribution in [3.8, 4) is 5.69 Å². The molecule has 0 spiro atoms. The fourth-order valence-corrected chi connectivity index (χ4v) is 4.74. The van der Waals surface area contributed by atoms with Gasteiger partial charge in [0.05, 0.1) is 11.7 Å². The van der Waals surface area contributed by atoms with Crippen LogP contribution in [0.2, 0.25) is 5.02 Å². The second-order valence-electron chi connectivity index (χ2n) is 8.13. The molecule has 0 saturated carbocycles. The Hall–Kier alpha value is -3.09. The number of halogens is 1. The number of thioether (sulfide) groups is 1. The number of carbonyl (C=O) groups is 1. The van der Waals surface area contributed by atoms with Gasteiger partial charge in [-0.15, -0.1) is 10.2 Å². The van der Waals surface area contributed by atoms with Gasteiger partial charge >= 0.3 is 0 Å². The van der Waals surface area contributed by atoms with E-state index in [1.807, 2.05) is 79.1 Å². The average Bonchev–Trinajstić information content (AvgIpc) is 3.28. The second-order valence-corrected chi connectivity index (χ2v) is 9.51. The quantitative estimate of drug-likeness (QED) is 0.283. The van der Waals surface area contributed by atoms with Gasteiger partial charge in [-0.3, -0.25) is 9.36 Å². The van der Waals surface area contributed by atoms with E-state index in [9.17, 15) is 4.79 Å². The summed E-state index contributed by atoms with van der Waals surface area (Å²) in [5.74, 6) is 1.26.